The average molecular weight is 610 g/mol. The number of alkyl halides is 3. The van der Waals surface area contributed by atoms with Crippen LogP contribution in [0.5, 0.6) is 0 Å². The van der Waals surface area contributed by atoms with E-state index in [0.717, 1.165) is 11.8 Å². The van der Waals surface area contributed by atoms with Crippen molar-refractivity contribution >= 4 is 18.1 Å². The van der Waals surface area contributed by atoms with Gasteiger partial charge in [0.05, 0.1) is 5.69 Å². The number of aromatic nitrogens is 4. The molecule has 3 aromatic heterocycles. The van der Waals surface area contributed by atoms with Gasteiger partial charge in [0.1, 0.15) is 22.8 Å². The molecule has 2 atom stereocenters. The van der Waals surface area contributed by atoms with Crippen LogP contribution in [-0.4, -0.2) is 55.7 Å². The minimum absolute atomic E-state index is 0.0245. The van der Waals surface area contributed by atoms with Gasteiger partial charge in [-0.15, -0.1) is 0 Å². The van der Waals surface area contributed by atoms with Gasteiger partial charge in [0.15, 0.2) is 0 Å². The largest absolute Gasteiger partial charge is 0.444 e. The maximum atomic E-state index is 14.2. The number of likely N-dealkylation sites (tertiary alicyclic amines) is 1. The molecule has 0 radical (unpaired) electrons. The van der Waals surface area contributed by atoms with Crippen LogP contribution >= 0.6 is 0 Å². The number of H-pyrrole nitrogens is 2. The fourth-order valence-electron chi connectivity index (χ4n) is 5.87. The van der Waals surface area contributed by atoms with Crippen molar-refractivity contribution in [3.05, 3.63) is 68.5 Å². The van der Waals surface area contributed by atoms with E-state index in [1.807, 2.05) is 19.1 Å². The zero-order valence-electron chi connectivity index (χ0n) is 25.1. The van der Waals surface area contributed by atoms with Crippen LogP contribution < -0.4 is 10.9 Å². The molecule has 1 unspecified atom stereocenters. The van der Waals surface area contributed by atoms with Crippen molar-refractivity contribution in [3.8, 4) is 17.3 Å². The third-order valence-corrected chi connectivity index (χ3v) is 8.00. The summed E-state index contributed by atoms with van der Waals surface area (Å²) in [5, 5.41) is 12.6. The number of carbonyl (C=O) groups is 1. The van der Waals surface area contributed by atoms with Gasteiger partial charge in [-0.3, -0.25) is 4.79 Å². The minimum atomic E-state index is -4.70. The van der Waals surface area contributed by atoms with E-state index in [4.69, 9.17) is 4.74 Å². The number of hydrogen-bond donors (Lipinski definition) is 3. The number of halogens is 3. The number of hydrogen-bond acceptors (Lipinski definition) is 7. The Bertz CT molecular complexity index is 1730. The smallest absolute Gasteiger partial charge is 0.419 e. The zero-order chi connectivity index (χ0) is 32.0. The predicted molar refractivity (Wildman–Crippen MR) is 158 cm³/mol. The molecule has 0 saturated carbocycles. The fourth-order valence-corrected chi connectivity index (χ4v) is 5.87. The lowest BCUT2D eigenvalue weighted by Gasteiger charge is -2.34. The number of amides is 1. The van der Waals surface area contributed by atoms with Crippen LogP contribution in [0, 0.1) is 18.3 Å². The van der Waals surface area contributed by atoms with E-state index in [9.17, 15) is 28.0 Å². The first-order chi connectivity index (χ1) is 20.6. The number of pyridine rings is 1. The second-order valence-corrected chi connectivity index (χ2v) is 12.5. The van der Waals surface area contributed by atoms with E-state index in [0.29, 0.717) is 49.2 Å². The lowest BCUT2D eigenvalue weighted by Crippen LogP contribution is -2.47. The monoisotopic (exact) mass is 609 g/mol. The molecule has 10 nitrogen and oxygen atoms in total. The maximum Gasteiger partial charge on any atom is 0.419 e. The number of rotatable bonds is 4. The van der Waals surface area contributed by atoms with Gasteiger partial charge in [0.25, 0.3) is 5.56 Å². The van der Waals surface area contributed by atoms with Gasteiger partial charge in [-0.05, 0) is 51.7 Å². The number of piperidine rings is 1. The molecule has 3 aromatic rings. The van der Waals surface area contributed by atoms with Crippen molar-refractivity contribution in [1.29, 1.82) is 5.26 Å². The van der Waals surface area contributed by atoms with Crippen LogP contribution in [0.1, 0.15) is 74.0 Å². The summed E-state index contributed by atoms with van der Waals surface area (Å²) in [4.78, 5) is 40.4. The zero-order valence-corrected chi connectivity index (χ0v) is 25.1. The topological polar surface area (TPSA) is 140 Å². The molecule has 5 rings (SSSR count). The number of nitrogens with one attached hydrogen (secondary N) is 3. The molecule has 1 aliphatic heterocycles. The van der Waals surface area contributed by atoms with E-state index < -0.39 is 34.4 Å². The van der Waals surface area contributed by atoms with Crippen LogP contribution in [0.25, 0.3) is 17.3 Å². The summed E-state index contributed by atoms with van der Waals surface area (Å²) >= 11 is 0. The molecule has 0 aromatic carbocycles. The average Bonchev–Trinajstić information content (AvgIpc) is 3.34. The van der Waals surface area contributed by atoms with Gasteiger partial charge in [-0.1, -0.05) is 19.1 Å². The number of anilines is 1. The van der Waals surface area contributed by atoms with Crippen molar-refractivity contribution in [2.75, 3.05) is 18.4 Å². The van der Waals surface area contributed by atoms with Gasteiger partial charge in [-0.2, -0.15) is 18.4 Å². The van der Waals surface area contributed by atoms with Crippen molar-refractivity contribution in [2.45, 2.75) is 77.1 Å². The third kappa shape index (κ3) is 6.06. The number of ether oxygens (including phenoxy) is 1. The Kier molecular flexibility index (Phi) is 7.82. The summed E-state index contributed by atoms with van der Waals surface area (Å²) in [6, 6.07) is 1.67. The Labute approximate surface area is 252 Å². The van der Waals surface area contributed by atoms with Crippen LogP contribution in [0.4, 0.5) is 23.9 Å². The summed E-state index contributed by atoms with van der Waals surface area (Å²) in [5.41, 5.74) is -0.161. The van der Waals surface area contributed by atoms with E-state index in [1.54, 1.807) is 44.9 Å². The Hall–Kier alpha value is -4.60. The number of nitrogens with zero attached hydrogens (tertiary/aromatic N) is 4. The molecular formula is C31H34F3N7O3. The highest BCUT2D eigenvalue weighted by molar-refractivity contribution is 5.79. The van der Waals surface area contributed by atoms with Crippen molar-refractivity contribution in [1.82, 2.24) is 24.8 Å². The molecule has 0 bridgehead atoms. The second kappa shape index (κ2) is 11.2. The molecule has 0 spiro atoms. The number of allylic oxidation sites excluding steroid dienone is 1. The van der Waals surface area contributed by atoms with E-state index in [2.05, 4.69) is 25.3 Å². The van der Waals surface area contributed by atoms with Crippen molar-refractivity contribution in [3.63, 3.8) is 0 Å². The molecule has 13 heteroatoms. The Morgan fingerprint density at radius 3 is 2.68 bits per heavy atom. The van der Waals surface area contributed by atoms with Crippen LogP contribution in [-0.2, 0) is 22.7 Å². The number of aromatic amines is 2. The van der Waals surface area contributed by atoms with Crippen LogP contribution in [0.15, 0.2) is 29.5 Å². The predicted octanol–water partition coefficient (Wildman–Crippen LogP) is 5.70. The molecular weight excluding hydrogens is 575 g/mol. The van der Waals surface area contributed by atoms with Crippen molar-refractivity contribution in [2.24, 2.45) is 0 Å². The lowest BCUT2D eigenvalue weighted by molar-refractivity contribution is -0.137. The molecule has 1 amide bonds. The molecule has 2 aliphatic rings. The van der Waals surface area contributed by atoms with Crippen LogP contribution in [0.3, 0.4) is 0 Å². The minimum Gasteiger partial charge on any atom is -0.444 e. The summed E-state index contributed by atoms with van der Waals surface area (Å²) < 4.78 is 48.0. The first-order valence-electron chi connectivity index (χ1n) is 14.3. The van der Waals surface area contributed by atoms with Gasteiger partial charge in [-0.25, -0.2) is 14.8 Å². The number of fused-ring (bicyclic) bond motifs is 1. The van der Waals surface area contributed by atoms with Crippen molar-refractivity contribution < 1.29 is 22.7 Å². The molecule has 1 fully saturated rings. The fraction of sp³-hybridized carbons (Fsp3) is 0.452. The molecule has 1 saturated heterocycles. The highest BCUT2D eigenvalue weighted by Crippen LogP contribution is 2.43. The van der Waals surface area contributed by atoms with Gasteiger partial charge in [0, 0.05) is 66.4 Å². The molecule has 232 valence electrons. The first kappa shape index (κ1) is 30.8. The quantitative estimate of drug-likeness (QED) is 0.345. The maximum absolute atomic E-state index is 14.2. The number of nitriles is 1. The van der Waals surface area contributed by atoms with Gasteiger partial charge in [0.2, 0.25) is 5.95 Å². The SMILES string of the molecule is Cc1c(C2(C)C=Cc3c(-c4nc(N[C@H]5CCCN(C(=O)OC(C)(C)C)C5)ncc4C(F)(F)F)c[nH]c3C2)c[nH]c(=O)c1C#N. The number of carbonyl (C=O) groups excluding carboxylic acids is 1. The van der Waals surface area contributed by atoms with E-state index >= 15 is 0 Å². The molecule has 44 heavy (non-hydrogen) atoms. The highest BCUT2D eigenvalue weighted by Gasteiger charge is 2.38. The lowest BCUT2D eigenvalue weighted by atomic mass is 9.73. The summed E-state index contributed by atoms with van der Waals surface area (Å²) in [6.45, 7) is 9.82. The summed E-state index contributed by atoms with van der Waals surface area (Å²) in [7, 11) is 0. The molecule has 3 N–H and O–H groups in total. The highest BCUT2D eigenvalue weighted by atomic mass is 19.4. The van der Waals surface area contributed by atoms with E-state index in [-0.39, 0.29) is 28.8 Å². The van der Waals surface area contributed by atoms with Gasteiger partial charge < -0.3 is 24.9 Å². The molecule has 1 aliphatic carbocycles. The normalized spacial score (nSPS) is 20.2. The standard InChI is InChI=1S/C31H34F3N7O3/c1-17-20(12-35)26(42)37-14-22(17)30(5)9-8-19-21(13-36-24(19)11-30)25-23(31(32,33)34)15-38-27(40-25)39-18-7-6-10-41(16-18)28(43)44-29(2,3)4/h8-9,13-15,18,36H,6-7,10-11,16H2,1-5H3,(H,37,42)(H,38,39,40)/t18-,30?/m0/s1. The Morgan fingerprint density at radius 2 is 2.00 bits per heavy atom. The Balaban J connectivity index is 1.45. The third-order valence-electron chi connectivity index (χ3n) is 8.00. The van der Waals surface area contributed by atoms with Gasteiger partial charge >= 0.3 is 12.3 Å². The van der Waals surface area contributed by atoms with E-state index in [1.165, 1.54) is 6.20 Å². The Morgan fingerprint density at radius 1 is 1.25 bits per heavy atom. The summed E-state index contributed by atoms with van der Waals surface area (Å²) in [6.07, 6.45) is 4.08. The summed E-state index contributed by atoms with van der Waals surface area (Å²) in [5.74, 6) is 0.0245. The van der Waals surface area contributed by atoms with Crippen LogP contribution in [0.2, 0.25) is 0 Å². The second-order valence-electron chi connectivity index (χ2n) is 12.5. The first-order valence-corrected chi connectivity index (χ1v) is 14.3. The molecule has 4 heterocycles.